The average Bonchev–Trinajstić information content (AvgIpc) is 2.86. The van der Waals surface area contributed by atoms with Gasteiger partial charge in [0, 0.05) is 16.3 Å². The summed E-state index contributed by atoms with van der Waals surface area (Å²) in [6, 6.07) is 7.57. The Labute approximate surface area is 142 Å². The van der Waals surface area contributed by atoms with Crippen LogP contribution in [0.2, 0.25) is 0 Å². The largest absolute Gasteiger partial charge is 0.399 e. The summed E-state index contributed by atoms with van der Waals surface area (Å²) in [6.45, 7) is 6.25. The molecule has 1 heterocycles. The quantitative estimate of drug-likeness (QED) is 0.767. The van der Waals surface area contributed by atoms with E-state index in [0.29, 0.717) is 5.69 Å². The standard InChI is InChI=1S/C17H22N2OS.ClH/c1-4-6-15-12(5-2)9-16(21-15)17(20)19-14-10-13(18)8-7-11(14)3;/h7-10H,4-6,18H2,1-3H3,(H,19,20);1H. The van der Waals surface area contributed by atoms with Gasteiger partial charge in [-0.2, -0.15) is 0 Å². The number of hydrogen-bond acceptors (Lipinski definition) is 3. The number of carbonyl (C=O) groups is 1. The first kappa shape index (κ1) is 18.5. The maximum Gasteiger partial charge on any atom is 0.265 e. The Hall–Kier alpha value is -1.52. The summed E-state index contributed by atoms with van der Waals surface area (Å²) >= 11 is 1.60. The number of amides is 1. The van der Waals surface area contributed by atoms with Crippen LogP contribution in [0.15, 0.2) is 24.3 Å². The van der Waals surface area contributed by atoms with Gasteiger partial charge in [-0.15, -0.1) is 23.7 Å². The van der Waals surface area contributed by atoms with E-state index in [1.54, 1.807) is 17.4 Å². The highest BCUT2D eigenvalue weighted by atomic mass is 35.5. The van der Waals surface area contributed by atoms with Gasteiger partial charge in [-0.05, 0) is 49.1 Å². The van der Waals surface area contributed by atoms with Gasteiger partial charge < -0.3 is 11.1 Å². The predicted molar refractivity (Wildman–Crippen MR) is 98.5 cm³/mol. The van der Waals surface area contributed by atoms with Gasteiger partial charge in [0.15, 0.2) is 0 Å². The van der Waals surface area contributed by atoms with Gasteiger partial charge >= 0.3 is 0 Å². The van der Waals surface area contributed by atoms with Crippen LogP contribution < -0.4 is 11.1 Å². The summed E-state index contributed by atoms with van der Waals surface area (Å²) in [7, 11) is 0. The first-order valence-electron chi connectivity index (χ1n) is 7.34. The van der Waals surface area contributed by atoms with Gasteiger partial charge in [0.2, 0.25) is 0 Å². The number of benzene rings is 1. The van der Waals surface area contributed by atoms with Crippen molar-refractivity contribution in [2.45, 2.75) is 40.0 Å². The number of thiophene rings is 1. The van der Waals surface area contributed by atoms with E-state index in [9.17, 15) is 4.79 Å². The summed E-state index contributed by atoms with van der Waals surface area (Å²) in [5.41, 5.74) is 9.52. The molecule has 0 radical (unpaired) electrons. The number of hydrogen-bond donors (Lipinski definition) is 2. The number of aryl methyl sites for hydroxylation is 3. The number of anilines is 2. The highest BCUT2D eigenvalue weighted by Gasteiger charge is 2.14. The molecule has 3 N–H and O–H groups in total. The number of nitrogen functional groups attached to an aromatic ring is 1. The van der Waals surface area contributed by atoms with Crippen molar-refractivity contribution in [1.82, 2.24) is 0 Å². The number of nitrogens with two attached hydrogens (primary N) is 1. The number of carbonyl (C=O) groups excluding carboxylic acids is 1. The molecule has 0 bridgehead atoms. The third-order valence-corrected chi connectivity index (χ3v) is 4.72. The van der Waals surface area contributed by atoms with E-state index in [1.807, 2.05) is 25.1 Å². The molecule has 0 unspecified atom stereocenters. The molecular formula is C17H23ClN2OS. The van der Waals surface area contributed by atoms with E-state index in [-0.39, 0.29) is 18.3 Å². The van der Waals surface area contributed by atoms with Gasteiger partial charge in [-0.3, -0.25) is 4.79 Å². The van der Waals surface area contributed by atoms with Crippen LogP contribution in [0.4, 0.5) is 11.4 Å². The second kappa shape index (κ2) is 8.20. The van der Waals surface area contributed by atoms with Crippen LogP contribution in [0.5, 0.6) is 0 Å². The zero-order chi connectivity index (χ0) is 15.4. The van der Waals surface area contributed by atoms with Crippen molar-refractivity contribution in [2.24, 2.45) is 0 Å². The van der Waals surface area contributed by atoms with E-state index in [2.05, 4.69) is 19.2 Å². The molecule has 0 aliphatic rings. The molecule has 0 saturated heterocycles. The Bertz CT molecular complexity index is 652. The molecule has 5 heteroatoms. The average molecular weight is 339 g/mol. The first-order valence-corrected chi connectivity index (χ1v) is 8.15. The molecule has 120 valence electrons. The monoisotopic (exact) mass is 338 g/mol. The minimum absolute atomic E-state index is 0. The molecule has 0 fully saturated rings. The van der Waals surface area contributed by atoms with Crippen molar-refractivity contribution in [1.29, 1.82) is 0 Å². The molecule has 0 aliphatic carbocycles. The Morgan fingerprint density at radius 2 is 2.00 bits per heavy atom. The van der Waals surface area contributed by atoms with Crippen molar-refractivity contribution in [3.8, 4) is 0 Å². The lowest BCUT2D eigenvalue weighted by Gasteiger charge is -2.08. The van der Waals surface area contributed by atoms with E-state index >= 15 is 0 Å². The third-order valence-electron chi connectivity index (χ3n) is 3.49. The fourth-order valence-corrected chi connectivity index (χ4v) is 3.53. The molecule has 0 saturated carbocycles. The molecule has 0 spiro atoms. The van der Waals surface area contributed by atoms with Crippen LogP contribution in [0.1, 0.15) is 45.9 Å². The molecule has 2 rings (SSSR count). The number of halogens is 1. The molecule has 0 atom stereocenters. The van der Waals surface area contributed by atoms with Gasteiger partial charge in [-0.25, -0.2) is 0 Å². The summed E-state index contributed by atoms with van der Waals surface area (Å²) in [6.07, 6.45) is 3.11. The lowest BCUT2D eigenvalue weighted by molar-refractivity contribution is 0.103. The summed E-state index contributed by atoms with van der Waals surface area (Å²) in [4.78, 5) is 14.5. The number of nitrogens with one attached hydrogen (secondary N) is 1. The maximum atomic E-state index is 12.4. The second-order valence-electron chi connectivity index (χ2n) is 5.19. The molecule has 22 heavy (non-hydrogen) atoms. The Morgan fingerprint density at radius 1 is 1.27 bits per heavy atom. The molecular weight excluding hydrogens is 316 g/mol. The molecule has 1 amide bonds. The molecule has 3 nitrogen and oxygen atoms in total. The molecule has 0 aliphatic heterocycles. The van der Waals surface area contributed by atoms with Crippen molar-refractivity contribution in [2.75, 3.05) is 11.1 Å². The fourth-order valence-electron chi connectivity index (χ4n) is 2.27. The summed E-state index contributed by atoms with van der Waals surface area (Å²) in [5, 5.41) is 2.97. The Kier molecular flexibility index (Phi) is 6.91. The summed E-state index contributed by atoms with van der Waals surface area (Å²) < 4.78 is 0. The van der Waals surface area contributed by atoms with E-state index in [1.165, 1.54) is 10.4 Å². The Morgan fingerprint density at radius 3 is 2.64 bits per heavy atom. The van der Waals surface area contributed by atoms with Crippen LogP contribution in [-0.4, -0.2) is 5.91 Å². The van der Waals surface area contributed by atoms with Crippen molar-refractivity contribution in [3.63, 3.8) is 0 Å². The van der Waals surface area contributed by atoms with Crippen molar-refractivity contribution >= 4 is 41.0 Å². The molecule has 2 aromatic rings. The lowest BCUT2D eigenvalue weighted by Crippen LogP contribution is -2.11. The van der Waals surface area contributed by atoms with Gasteiger partial charge in [0.1, 0.15) is 0 Å². The zero-order valence-electron chi connectivity index (χ0n) is 13.2. The normalized spacial score (nSPS) is 10.1. The highest BCUT2D eigenvalue weighted by molar-refractivity contribution is 7.14. The topological polar surface area (TPSA) is 55.1 Å². The highest BCUT2D eigenvalue weighted by Crippen LogP contribution is 2.26. The van der Waals surface area contributed by atoms with Crippen LogP contribution >= 0.6 is 23.7 Å². The smallest absolute Gasteiger partial charge is 0.265 e. The first-order chi connectivity index (χ1) is 10.0. The SMILES string of the molecule is CCCc1sc(C(=O)Nc2cc(N)ccc2C)cc1CC.Cl. The maximum absolute atomic E-state index is 12.4. The van der Waals surface area contributed by atoms with Crippen molar-refractivity contribution in [3.05, 3.63) is 45.1 Å². The van der Waals surface area contributed by atoms with Crippen LogP contribution in [-0.2, 0) is 12.8 Å². The van der Waals surface area contributed by atoms with E-state index < -0.39 is 0 Å². The van der Waals surface area contributed by atoms with Gasteiger partial charge in [0.25, 0.3) is 5.91 Å². The zero-order valence-corrected chi connectivity index (χ0v) is 14.9. The minimum atomic E-state index is -0.0502. The van der Waals surface area contributed by atoms with Crippen LogP contribution in [0.3, 0.4) is 0 Å². The fraction of sp³-hybridized carbons (Fsp3) is 0.353. The van der Waals surface area contributed by atoms with E-state index in [0.717, 1.165) is 35.4 Å². The summed E-state index contributed by atoms with van der Waals surface area (Å²) in [5.74, 6) is -0.0502. The van der Waals surface area contributed by atoms with E-state index in [4.69, 9.17) is 5.73 Å². The third kappa shape index (κ3) is 4.24. The lowest BCUT2D eigenvalue weighted by atomic mass is 10.1. The van der Waals surface area contributed by atoms with Crippen LogP contribution in [0.25, 0.3) is 0 Å². The second-order valence-corrected chi connectivity index (χ2v) is 6.33. The number of rotatable bonds is 5. The van der Waals surface area contributed by atoms with Gasteiger partial charge in [-0.1, -0.05) is 26.3 Å². The predicted octanol–water partition coefficient (Wildman–Crippen LogP) is 4.83. The minimum Gasteiger partial charge on any atom is -0.399 e. The molecule has 1 aromatic carbocycles. The van der Waals surface area contributed by atoms with Crippen LogP contribution in [0, 0.1) is 6.92 Å². The molecule has 1 aromatic heterocycles. The Balaban J connectivity index is 0.00000242. The van der Waals surface area contributed by atoms with Crippen molar-refractivity contribution < 1.29 is 4.79 Å². The van der Waals surface area contributed by atoms with Gasteiger partial charge in [0.05, 0.1) is 4.88 Å².